The van der Waals surface area contributed by atoms with Gasteiger partial charge in [0, 0.05) is 5.56 Å². The lowest BCUT2D eigenvalue weighted by molar-refractivity contribution is -0.110. The predicted octanol–water partition coefficient (Wildman–Crippen LogP) is 4.71. The van der Waals surface area contributed by atoms with Crippen LogP contribution in [0.5, 0.6) is 0 Å². The van der Waals surface area contributed by atoms with Crippen molar-refractivity contribution in [1.29, 1.82) is 0 Å². The van der Waals surface area contributed by atoms with Crippen LogP contribution in [-0.4, -0.2) is 49.0 Å². The fourth-order valence-corrected chi connectivity index (χ4v) is 6.75. The Hall–Kier alpha value is -3.31. The highest BCUT2D eigenvalue weighted by molar-refractivity contribution is 7.92. The topological polar surface area (TPSA) is 124 Å². The molecule has 0 bridgehead atoms. The molecule has 1 amide bonds. The minimum absolute atomic E-state index is 0.0359. The van der Waals surface area contributed by atoms with Gasteiger partial charge in [0.15, 0.2) is 20.7 Å². The first kappa shape index (κ1) is 25.3. The van der Waals surface area contributed by atoms with E-state index in [1.54, 1.807) is 37.3 Å². The van der Waals surface area contributed by atoms with Gasteiger partial charge < -0.3 is 9.57 Å². The first-order valence-corrected chi connectivity index (χ1v) is 14.7. The average Bonchev–Trinajstić information content (AvgIpc) is 3.49. The molecule has 2 aromatic carbocycles. The number of carbonyl (C=O) groups excluding carboxylic acids is 2. The number of aromatic nitrogens is 1. The highest BCUT2D eigenvalue weighted by Crippen LogP contribution is 2.33. The first-order valence-electron chi connectivity index (χ1n) is 12.3. The van der Waals surface area contributed by atoms with Crippen molar-refractivity contribution in [3.8, 4) is 0 Å². The van der Waals surface area contributed by atoms with Gasteiger partial charge in [-0.15, -0.1) is 0 Å². The Balaban J connectivity index is 1.39. The van der Waals surface area contributed by atoms with E-state index in [1.807, 2.05) is 0 Å². The lowest BCUT2D eigenvalue weighted by Crippen LogP contribution is -2.25. The summed E-state index contributed by atoms with van der Waals surface area (Å²) in [6, 6.07) is 11.2. The number of carbonyl (C=O) groups is 2. The van der Waals surface area contributed by atoms with Crippen molar-refractivity contribution in [3.05, 3.63) is 53.6 Å². The molecule has 0 saturated heterocycles. The number of esters is 1. The molecule has 1 aromatic heterocycles. The Morgan fingerprint density at radius 2 is 1.76 bits per heavy atom. The van der Waals surface area contributed by atoms with Crippen molar-refractivity contribution in [1.82, 2.24) is 4.98 Å². The summed E-state index contributed by atoms with van der Waals surface area (Å²) in [5, 5.41) is 6.99. The summed E-state index contributed by atoms with van der Waals surface area (Å²) in [6.45, 7) is 2.02. The molecule has 37 heavy (non-hydrogen) atoms. The number of fused-ring (bicyclic) bond motifs is 1. The summed E-state index contributed by atoms with van der Waals surface area (Å²) in [4.78, 5) is 35.7. The van der Waals surface area contributed by atoms with Gasteiger partial charge in [0.25, 0.3) is 5.91 Å². The molecule has 0 atom stereocenters. The fourth-order valence-electron chi connectivity index (χ4n) is 4.20. The van der Waals surface area contributed by atoms with E-state index in [-0.39, 0.29) is 28.6 Å². The molecule has 0 radical (unpaired) electrons. The number of sulfone groups is 1. The van der Waals surface area contributed by atoms with Crippen LogP contribution in [0, 0.1) is 0 Å². The van der Waals surface area contributed by atoms with Crippen LogP contribution in [0.2, 0.25) is 0 Å². The molecule has 0 aliphatic heterocycles. The molecular formula is C26H27N3O6S2. The molecule has 5 rings (SSSR count). The highest BCUT2D eigenvalue weighted by Gasteiger charge is 2.36. The van der Waals surface area contributed by atoms with Gasteiger partial charge in [-0.2, -0.15) is 0 Å². The third-order valence-electron chi connectivity index (χ3n) is 6.35. The minimum atomic E-state index is -3.34. The maximum atomic E-state index is 13.3. The van der Waals surface area contributed by atoms with Crippen LogP contribution in [0.3, 0.4) is 0 Å². The molecule has 2 saturated carbocycles. The zero-order chi connectivity index (χ0) is 26.0. The van der Waals surface area contributed by atoms with Gasteiger partial charge in [-0.05, 0) is 75.8 Å². The molecule has 1 N–H and O–H groups in total. The van der Waals surface area contributed by atoms with E-state index < -0.39 is 21.7 Å². The van der Waals surface area contributed by atoms with E-state index in [0.29, 0.717) is 34.6 Å². The van der Waals surface area contributed by atoms with E-state index >= 15 is 0 Å². The first-order chi connectivity index (χ1) is 17.8. The minimum Gasteiger partial charge on any atom is -0.462 e. The van der Waals surface area contributed by atoms with Crippen molar-refractivity contribution in [3.63, 3.8) is 0 Å². The zero-order valence-corrected chi connectivity index (χ0v) is 21.9. The quantitative estimate of drug-likeness (QED) is 0.236. The van der Waals surface area contributed by atoms with Crippen LogP contribution in [-0.2, 0) is 24.2 Å². The normalized spacial score (nSPS) is 16.6. The Labute approximate surface area is 218 Å². The average molecular weight is 542 g/mol. The molecule has 194 valence electrons. The van der Waals surface area contributed by atoms with Crippen molar-refractivity contribution >= 4 is 54.1 Å². The molecule has 9 nitrogen and oxygen atoms in total. The lowest BCUT2D eigenvalue weighted by atomic mass is 10.1. The Kier molecular flexibility index (Phi) is 7.25. The maximum absolute atomic E-state index is 13.3. The SMILES string of the molecule is CCOC(=O)c1ccc2nc(NC(=O)C(=NOC3CCCC3)c3ccc(S(=O)(=O)C4CC4)cc3)sc2c1. The number of anilines is 1. The summed E-state index contributed by atoms with van der Waals surface area (Å²) in [6.07, 6.45) is 5.15. The smallest absolute Gasteiger partial charge is 0.338 e. The number of thiazole rings is 1. The zero-order valence-electron chi connectivity index (χ0n) is 20.3. The molecule has 0 spiro atoms. The summed E-state index contributed by atoms with van der Waals surface area (Å²) in [5.41, 5.74) is 1.51. The van der Waals surface area contributed by atoms with Crippen LogP contribution in [0.1, 0.15) is 61.4 Å². The summed E-state index contributed by atoms with van der Waals surface area (Å²) in [5.74, 6) is -0.950. The third kappa shape index (κ3) is 5.67. The standard InChI is InChI=1S/C26H27N3O6S2/c1-2-34-25(31)17-9-14-21-22(15-17)36-26(27-21)28-24(30)23(29-35-18-5-3-4-6-18)16-7-10-19(11-8-16)37(32,33)20-12-13-20/h7-11,14-15,18,20H,2-6,12-13H2,1H3,(H,27,28,30). The third-order valence-corrected chi connectivity index (χ3v) is 9.56. The number of benzene rings is 2. The van der Waals surface area contributed by atoms with E-state index in [0.717, 1.165) is 30.4 Å². The number of oxime groups is 1. The van der Waals surface area contributed by atoms with Gasteiger partial charge >= 0.3 is 5.97 Å². The monoisotopic (exact) mass is 541 g/mol. The molecule has 11 heteroatoms. The number of rotatable bonds is 9. The Bertz CT molecular complexity index is 1450. The van der Waals surface area contributed by atoms with Crippen molar-refractivity contribution in [2.24, 2.45) is 5.16 Å². The number of nitrogens with one attached hydrogen (secondary N) is 1. The van der Waals surface area contributed by atoms with Crippen molar-refractivity contribution in [2.45, 2.75) is 61.7 Å². The van der Waals surface area contributed by atoms with Crippen molar-refractivity contribution < 1.29 is 27.6 Å². The second-order valence-electron chi connectivity index (χ2n) is 9.10. The summed E-state index contributed by atoms with van der Waals surface area (Å²) < 4.78 is 30.9. The molecule has 3 aromatic rings. The highest BCUT2D eigenvalue weighted by atomic mass is 32.2. The molecular weight excluding hydrogens is 514 g/mol. The molecule has 2 aliphatic carbocycles. The fraction of sp³-hybridized carbons (Fsp3) is 0.385. The number of ether oxygens (including phenoxy) is 1. The maximum Gasteiger partial charge on any atom is 0.338 e. The molecule has 2 fully saturated rings. The van der Waals surface area contributed by atoms with Gasteiger partial charge in [-0.3, -0.25) is 10.1 Å². The van der Waals surface area contributed by atoms with Crippen LogP contribution >= 0.6 is 11.3 Å². The largest absolute Gasteiger partial charge is 0.462 e. The van der Waals surface area contributed by atoms with E-state index in [4.69, 9.17) is 9.57 Å². The van der Waals surface area contributed by atoms with Crippen LogP contribution in [0.25, 0.3) is 10.2 Å². The summed E-state index contributed by atoms with van der Waals surface area (Å²) in [7, 11) is -3.34. The Morgan fingerprint density at radius 1 is 1.05 bits per heavy atom. The van der Waals surface area contributed by atoms with E-state index in [1.165, 1.54) is 23.5 Å². The second kappa shape index (κ2) is 10.6. The van der Waals surface area contributed by atoms with Crippen LogP contribution in [0.4, 0.5) is 5.13 Å². The molecule has 0 unspecified atom stereocenters. The Morgan fingerprint density at radius 3 is 2.43 bits per heavy atom. The van der Waals surface area contributed by atoms with Crippen LogP contribution < -0.4 is 5.32 Å². The van der Waals surface area contributed by atoms with Crippen molar-refractivity contribution in [2.75, 3.05) is 11.9 Å². The number of hydrogen-bond acceptors (Lipinski definition) is 9. The predicted molar refractivity (Wildman–Crippen MR) is 141 cm³/mol. The van der Waals surface area contributed by atoms with Gasteiger partial charge in [0.1, 0.15) is 6.10 Å². The van der Waals surface area contributed by atoms with Gasteiger partial charge in [-0.25, -0.2) is 18.2 Å². The van der Waals surface area contributed by atoms with E-state index in [9.17, 15) is 18.0 Å². The lowest BCUT2D eigenvalue weighted by Gasteiger charge is -2.11. The van der Waals surface area contributed by atoms with E-state index in [2.05, 4.69) is 15.5 Å². The molecule has 1 heterocycles. The summed E-state index contributed by atoms with van der Waals surface area (Å²) >= 11 is 1.22. The van der Waals surface area contributed by atoms with Gasteiger partial charge in [0.05, 0.1) is 32.5 Å². The number of hydrogen-bond donors (Lipinski definition) is 1. The van der Waals surface area contributed by atoms with Gasteiger partial charge in [-0.1, -0.05) is 28.6 Å². The molecule has 2 aliphatic rings. The number of amides is 1. The van der Waals surface area contributed by atoms with Gasteiger partial charge in [0.2, 0.25) is 0 Å². The number of nitrogens with zero attached hydrogens (tertiary/aromatic N) is 2. The second-order valence-corrected chi connectivity index (χ2v) is 12.4. The van der Waals surface area contributed by atoms with Crippen LogP contribution in [0.15, 0.2) is 52.5 Å².